The summed E-state index contributed by atoms with van der Waals surface area (Å²) in [7, 11) is 0. The van der Waals surface area contributed by atoms with Gasteiger partial charge in [-0.3, -0.25) is 0 Å². The maximum atomic E-state index is 11.8. The van der Waals surface area contributed by atoms with Crippen molar-refractivity contribution in [3.63, 3.8) is 0 Å². The Balaban J connectivity index is 1.79. The normalized spacial score (nSPS) is 19.5. The molecule has 2 unspecified atom stereocenters. The first-order valence-corrected chi connectivity index (χ1v) is 7.41. The van der Waals surface area contributed by atoms with Gasteiger partial charge in [0.05, 0.1) is 6.54 Å². The molecule has 1 aromatic carbocycles. The van der Waals surface area contributed by atoms with Crippen molar-refractivity contribution >= 4 is 17.7 Å². The van der Waals surface area contributed by atoms with Gasteiger partial charge in [0.15, 0.2) is 6.10 Å². The molecule has 0 spiro atoms. The predicted octanol–water partition coefficient (Wildman–Crippen LogP) is 2.56. The second-order valence-corrected chi connectivity index (χ2v) is 5.73. The minimum atomic E-state index is -0.320. The Labute approximate surface area is 129 Å². The number of benzene rings is 1. The van der Waals surface area contributed by atoms with E-state index < -0.39 is 0 Å². The molecule has 6 heteroatoms. The molecule has 1 fully saturated rings. The van der Waals surface area contributed by atoms with Crippen molar-refractivity contribution in [1.82, 2.24) is 4.90 Å². The summed E-state index contributed by atoms with van der Waals surface area (Å²) in [4.78, 5) is 13.4. The van der Waals surface area contributed by atoms with Gasteiger partial charge in [0.2, 0.25) is 0 Å². The van der Waals surface area contributed by atoms with E-state index in [1.165, 1.54) is 0 Å². The number of carbonyl (C=O) groups is 1. The number of carbonyl (C=O) groups excluding carboxylic acids is 1. The van der Waals surface area contributed by atoms with Gasteiger partial charge in [0.1, 0.15) is 12.4 Å². The summed E-state index contributed by atoms with van der Waals surface area (Å²) in [5.41, 5.74) is 0. The number of amides is 1. The highest BCUT2D eigenvalue weighted by Gasteiger charge is 2.32. The molecule has 21 heavy (non-hydrogen) atoms. The summed E-state index contributed by atoms with van der Waals surface area (Å²) in [5, 5.41) is 9.50. The summed E-state index contributed by atoms with van der Waals surface area (Å²) < 4.78 is 10.9. The molecule has 5 nitrogen and oxygen atoms in total. The molecule has 2 atom stereocenters. The second kappa shape index (κ2) is 7.52. The molecular formula is C15H20ClNO4. The fraction of sp³-hybridized carbons (Fsp3) is 0.533. The Morgan fingerprint density at radius 3 is 3.10 bits per heavy atom. The average molecular weight is 314 g/mol. The first-order chi connectivity index (χ1) is 10.1. The van der Waals surface area contributed by atoms with E-state index in [1.807, 2.05) is 13.0 Å². The second-order valence-electron chi connectivity index (χ2n) is 5.30. The quantitative estimate of drug-likeness (QED) is 0.840. The Bertz CT molecular complexity index is 482. The van der Waals surface area contributed by atoms with Crippen LogP contribution in [0.2, 0.25) is 5.02 Å². The van der Waals surface area contributed by atoms with Crippen LogP contribution in [0.15, 0.2) is 24.3 Å². The molecule has 1 aliphatic heterocycles. The van der Waals surface area contributed by atoms with Gasteiger partial charge in [-0.1, -0.05) is 24.6 Å². The molecule has 1 aliphatic rings. The zero-order chi connectivity index (χ0) is 15.2. The van der Waals surface area contributed by atoms with Crippen molar-refractivity contribution in [3.8, 4) is 5.75 Å². The van der Waals surface area contributed by atoms with Crippen LogP contribution in [0.4, 0.5) is 4.79 Å². The largest absolute Gasteiger partial charge is 0.490 e. The van der Waals surface area contributed by atoms with Gasteiger partial charge in [-0.25, -0.2) is 4.79 Å². The van der Waals surface area contributed by atoms with Crippen molar-refractivity contribution in [3.05, 3.63) is 29.3 Å². The van der Waals surface area contributed by atoms with Crippen LogP contribution < -0.4 is 4.74 Å². The van der Waals surface area contributed by atoms with E-state index in [9.17, 15) is 4.79 Å². The molecule has 0 bridgehead atoms. The lowest BCUT2D eigenvalue weighted by Crippen LogP contribution is -2.31. The summed E-state index contributed by atoms with van der Waals surface area (Å²) in [6, 6.07) is 7.11. The maximum Gasteiger partial charge on any atom is 0.410 e. The third-order valence-corrected chi connectivity index (χ3v) is 3.57. The number of ether oxygens (including phenoxy) is 2. The van der Waals surface area contributed by atoms with E-state index >= 15 is 0 Å². The van der Waals surface area contributed by atoms with Crippen LogP contribution in [0.1, 0.15) is 13.3 Å². The summed E-state index contributed by atoms with van der Waals surface area (Å²) in [6.45, 7) is 3.53. The van der Waals surface area contributed by atoms with Crippen molar-refractivity contribution < 1.29 is 19.4 Å². The fourth-order valence-corrected chi connectivity index (χ4v) is 2.42. The summed E-state index contributed by atoms with van der Waals surface area (Å²) >= 11 is 5.88. The number of hydrogen-bond acceptors (Lipinski definition) is 4. The Morgan fingerprint density at radius 1 is 1.57 bits per heavy atom. The third-order valence-electron chi connectivity index (χ3n) is 3.34. The smallest absolute Gasteiger partial charge is 0.410 e. The fourth-order valence-electron chi connectivity index (χ4n) is 2.24. The zero-order valence-electron chi connectivity index (χ0n) is 12.0. The van der Waals surface area contributed by atoms with Gasteiger partial charge in [-0.05, 0) is 30.5 Å². The lowest BCUT2D eigenvalue weighted by atomic mass is 10.1. The minimum Gasteiger partial charge on any atom is -0.490 e. The van der Waals surface area contributed by atoms with E-state index in [0.717, 1.165) is 0 Å². The first kappa shape index (κ1) is 15.9. The minimum absolute atomic E-state index is 0.130. The number of aliphatic hydroxyl groups is 1. The Kier molecular flexibility index (Phi) is 5.70. The SMILES string of the molecule is CC(CCO)CN1CC(COc2cccc(Cl)c2)OC1=O. The van der Waals surface area contributed by atoms with Gasteiger partial charge in [-0.15, -0.1) is 0 Å². The zero-order valence-corrected chi connectivity index (χ0v) is 12.8. The van der Waals surface area contributed by atoms with Gasteiger partial charge >= 0.3 is 6.09 Å². The number of hydrogen-bond donors (Lipinski definition) is 1. The highest BCUT2D eigenvalue weighted by molar-refractivity contribution is 6.30. The number of nitrogens with zero attached hydrogens (tertiary/aromatic N) is 1. The van der Waals surface area contributed by atoms with Crippen molar-refractivity contribution in [2.45, 2.75) is 19.4 Å². The lowest BCUT2D eigenvalue weighted by molar-refractivity contribution is 0.102. The number of halogens is 1. The maximum absolute atomic E-state index is 11.8. The van der Waals surface area contributed by atoms with Crippen LogP contribution in [-0.4, -0.2) is 48.5 Å². The highest BCUT2D eigenvalue weighted by Crippen LogP contribution is 2.19. The molecule has 1 aromatic rings. The van der Waals surface area contributed by atoms with Crippen LogP contribution >= 0.6 is 11.6 Å². The van der Waals surface area contributed by atoms with Gasteiger partial charge in [0.25, 0.3) is 0 Å². The van der Waals surface area contributed by atoms with E-state index in [1.54, 1.807) is 23.1 Å². The van der Waals surface area contributed by atoms with E-state index in [-0.39, 0.29) is 24.7 Å². The molecule has 1 amide bonds. The van der Waals surface area contributed by atoms with Crippen LogP contribution in [-0.2, 0) is 4.74 Å². The summed E-state index contributed by atoms with van der Waals surface area (Å²) in [6.07, 6.45) is 0.0743. The van der Waals surface area contributed by atoms with Crippen molar-refractivity contribution in [1.29, 1.82) is 0 Å². The molecule has 1 heterocycles. The van der Waals surface area contributed by atoms with Gasteiger partial charge < -0.3 is 19.5 Å². The van der Waals surface area contributed by atoms with E-state index in [2.05, 4.69) is 0 Å². The third kappa shape index (κ3) is 4.79. The monoisotopic (exact) mass is 313 g/mol. The standard InChI is InChI=1S/C15H20ClNO4/c1-11(5-6-18)8-17-9-14(21-15(17)19)10-20-13-4-2-3-12(16)7-13/h2-4,7,11,14,18H,5-6,8-10H2,1H3. The van der Waals surface area contributed by atoms with Gasteiger partial charge in [0, 0.05) is 18.2 Å². The molecule has 0 aromatic heterocycles. The molecule has 0 radical (unpaired) electrons. The summed E-state index contributed by atoms with van der Waals surface area (Å²) in [5.74, 6) is 0.904. The Morgan fingerprint density at radius 2 is 2.38 bits per heavy atom. The number of rotatable bonds is 7. The van der Waals surface area contributed by atoms with Crippen LogP contribution in [0, 0.1) is 5.92 Å². The predicted molar refractivity (Wildman–Crippen MR) is 79.7 cm³/mol. The van der Waals surface area contributed by atoms with Crippen molar-refractivity contribution in [2.24, 2.45) is 5.92 Å². The lowest BCUT2D eigenvalue weighted by Gasteiger charge is -2.17. The molecule has 1 N–H and O–H groups in total. The van der Waals surface area contributed by atoms with E-state index in [4.69, 9.17) is 26.2 Å². The average Bonchev–Trinajstić information content (AvgIpc) is 2.77. The highest BCUT2D eigenvalue weighted by atomic mass is 35.5. The molecule has 1 saturated heterocycles. The van der Waals surface area contributed by atoms with E-state index in [0.29, 0.717) is 36.9 Å². The van der Waals surface area contributed by atoms with Gasteiger partial charge in [-0.2, -0.15) is 0 Å². The van der Waals surface area contributed by atoms with Crippen LogP contribution in [0.25, 0.3) is 0 Å². The number of cyclic esters (lactones) is 1. The molecule has 116 valence electrons. The molecule has 2 rings (SSSR count). The van der Waals surface area contributed by atoms with Crippen molar-refractivity contribution in [2.75, 3.05) is 26.3 Å². The molecular weight excluding hydrogens is 294 g/mol. The topological polar surface area (TPSA) is 59.0 Å². The number of aliphatic hydroxyl groups excluding tert-OH is 1. The first-order valence-electron chi connectivity index (χ1n) is 7.03. The van der Waals surface area contributed by atoms with Crippen LogP contribution in [0.3, 0.4) is 0 Å². The van der Waals surface area contributed by atoms with Crippen LogP contribution in [0.5, 0.6) is 5.75 Å². The molecule has 0 aliphatic carbocycles. The molecule has 0 saturated carbocycles. The Hall–Kier alpha value is -1.46.